The molecule has 1 heterocycles. The molecule has 2 unspecified atom stereocenters. The highest BCUT2D eigenvalue weighted by atomic mass is 79.9. The highest BCUT2D eigenvalue weighted by Crippen LogP contribution is 2.27. The molecular weight excluding hydrogens is 276 g/mol. The van der Waals surface area contributed by atoms with Crippen LogP contribution in [0.1, 0.15) is 18.2 Å². The molecule has 0 aliphatic rings. The molecule has 16 heavy (non-hydrogen) atoms. The maximum atomic E-state index is 9.80. The van der Waals surface area contributed by atoms with Gasteiger partial charge in [-0.05, 0) is 48.1 Å². The second-order valence-corrected chi connectivity index (χ2v) is 4.26. The molecule has 0 aliphatic heterocycles. The van der Waals surface area contributed by atoms with Crippen molar-refractivity contribution in [1.29, 1.82) is 0 Å². The molecule has 0 aliphatic carbocycles. The van der Waals surface area contributed by atoms with E-state index in [4.69, 9.17) is 0 Å². The van der Waals surface area contributed by atoms with Gasteiger partial charge < -0.3 is 20.6 Å². The Bertz CT molecular complexity index is 349. The monoisotopic (exact) mass is 290 g/mol. The summed E-state index contributed by atoms with van der Waals surface area (Å²) in [5.74, 6) is -0.126. The van der Waals surface area contributed by atoms with Gasteiger partial charge in [-0.2, -0.15) is 0 Å². The molecule has 0 spiro atoms. The van der Waals surface area contributed by atoms with Crippen molar-refractivity contribution >= 4 is 15.9 Å². The van der Waals surface area contributed by atoms with Crippen LogP contribution in [-0.4, -0.2) is 40.0 Å². The van der Waals surface area contributed by atoms with Crippen LogP contribution in [0.25, 0.3) is 0 Å². The van der Waals surface area contributed by atoms with Gasteiger partial charge in [-0.15, -0.1) is 0 Å². The summed E-state index contributed by atoms with van der Waals surface area (Å²) in [5.41, 5.74) is 0.0815. The molecule has 1 aromatic heterocycles. The third-order valence-electron chi connectivity index (χ3n) is 2.20. The van der Waals surface area contributed by atoms with Gasteiger partial charge in [0.1, 0.15) is 22.2 Å². The van der Waals surface area contributed by atoms with Gasteiger partial charge in [-0.3, -0.25) is 0 Å². The third-order valence-corrected chi connectivity index (χ3v) is 2.64. The van der Waals surface area contributed by atoms with Gasteiger partial charge in [0, 0.05) is 0 Å². The molecule has 90 valence electrons. The van der Waals surface area contributed by atoms with E-state index in [1.54, 1.807) is 13.1 Å². The van der Waals surface area contributed by atoms with E-state index in [0.29, 0.717) is 17.6 Å². The summed E-state index contributed by atoms with van der Waals surface area (Å²) in [5, 5.41) is 31.8. The number of aliphatic hydroxyl groups is 2. The average molecular weight is 291 g/mol. The number of aromatic nitrogens is 1. The van der Waals surface area contributed by atoms with Gasteiger partial charge in [-0.1, -0.05) is 0 Å². The number of hydrogen-bond acceptors (Lipinski definition) is 5. The number of nitrogens with one attached hydrogen (secondary N) is 1. The van der Waals surface area contributed by atoms with Crippen LogP contribution in [-0.2, 0) is 0 Å². The molecule has 6 heteroatoms. The first-order valence-electron chi connectivity index (χ1n) is 4.92. The molecule has 4 N–H and O–H groups in total. The quantitative estimate of drug-likeness (QED) is 0.595. The van der Waals surface area contributed by atoms with Crippen molar-refractivity contribution in [2.75, 3.05) is 13.6 Å². The van der Waals surface area contributed by atoms with E-state index >= 15 is 0 Å². The first kappa shape index (κ1) is 13.4. The average Bonchev–Trinajstić information content (AvgIpc) is 2.28. The normalized spacial score (nSPS) is 14.8. The van der Waals surface area contributed by atoms with Crippen LogP contribution in [0.5, 0.6) is 5.75 Å². The predicted octanol–water partition coefficient (Wildman–Crippen LogP) is 0.554. The fourth-order valence-corrected chi connectivity index (χ4v) is 1.62. The van der Waals surface area contributed by atoms with Crippen LogP contribution in [0.3, 0.4) is 0 Å². The van der Waals surface area contributed by atoms with E-state index in [2.05, 4.69) is 26.2 Å². The van der Waals surface area contributed by atoms with E-state index in [1.807, 2.05) is 0 Å². The highest BCUT2D eigenvalue weighted by molar-refractivity contribution is 9.10. The van der Waals surface area contributed by atoms with Crippen LogP contribution in [0.4, 0.5) is 0 Å². The summed E-state index contributed by atoms with van der Waals surface area (Å²) in [6, 6.07) is 2.98. The summed E-state index contributed by atoms with van der Waals surface area (Å²) in [6.07, 6.45) is -1.77. The SMILES string of the molecule is CNCCC(O)C(O)c1nc(Br)ccc1O. The lowest BCUT2D eigenvalue weighted by molar-refractivity contribution is 0.0100. The van der Waals surface area contributed by atoms with Crippen molar-refractivity contribution in [2.24, 2.45) is 0 Å². The van der Waals surface area contributed by atoms with Crippen LogP contribution in [0.2, 0.25) is 0 Å². The lowest BCUT2D eigenvalue weighted by Crippen LogP contribution is -2.24. The molecule has 0 aromatic carbocycles. The minimum absolute atomic E-state index is 0.0815. The highest BCUT2D eigenvalue weighted by Gasteiger charge is 2.22. The molecule has 1 aromatic rings. The smallest absolute Gasteiger partial charge is 0.139 e. The number of nitrogens with zero attached hydrogens (tertiary/aromatic N) is 1. The second kappa shape index (κ2) is 6.15. The number of halogens is 1. The van der Waals surface area contributed by atoms with Gasteiger partial charge in [0.05, 0.1) is 6.10 Å². The summed E-state index contributed by atoms with van der Waals surface area (Å²) in [6.45, 7) is 0.576. The molecule has 0 radical (unpaired) electrons. The summed E-state index contributed by atoms with van der Waals surface area (Å²) in [4.78, 5) is 3.94. The molecule has 0 bridgehead atoms. The van der Waals surface area contributed by atoms with Crippen LogP contribution >= 0.6 is 15.9 Å². The van der Waals surface area contributed by atoms with E-state index in [1.165, 1.54) is 6.07 Å². The lowest BCUT2D eigenvalue weighted by Gasteiger charge is -2.18. The number of pyridine rings is 1. The Hall–Kier alpha value is -0.690. The largest absolute Gasteiger partial charge is 0.506 e. The Labute approximate surface area is 102 Å². The van der Waals surface area contributed by atoms with E-state index in [9.17, 15) is 15.3 Å². The number of hydrogen-bond donors (Lipinski definition) is 4. The first-order chi connectivity index (χ1) is 7.56. The minimum atomic E-state index is -1.19. The van der Waals surface area contributed by atoms with E-state index in [0.717, 1.165) is 0 Å². The number of rotatable bonds is 5. The van der Waals surface area contributed by atoms with Crippen molar-refractivity contribution in [3.63, 3.8) is 0 Å². The van der Waals surface area contributed by atoms with Crippen LogP contribution in [0.15, 0.2) is 16.7 Å². The second-order valence-electron chi connectivity index (χ2n) is 3.44. The van der Waals surface area contributed by atoms with Crippen molar-refractivity contribution in [3.05, 3.63) is 22.4 Å². The third kappa shape index (κ3) is 3.41. The zero-order chi connectivity index (χ0) is 12.1. The maximum Gasteiger partial charge on any atom is 0.139 e. The molecule has 1 rings (SSSR count). The van der Waals surface area contributed by atoms with Crippen molar-refractivity contribution in [3.8, 4) is 5.75 Å². The Morgan fingerprint density at radius 3 is 2.75 bits per heavy atom. The fourth-order valence-electron chi connectivity index (χ4n) is 1.29. The standard InChI is InChI=1S/C10H15BrN2O3/c1-12-5-4-7(15)10(16)9-6(14)2-3-8(11)13-9/h2-3,7,10,12,14-16H,4-5H2,1H3. The predicted molar refractivity (Wildman–Crippen MR) is 63.1 cm³/mol. The van der Waals surface area contributed by atoms with Gasteiger partial charge >= 0.3 is 0 Å². The Kier molecular flexibility index (Phi) is 5.14. The summed E-state index contributed by atoms with van der Waals surface area (Å²) in [7, 11) is 1.76. The van der Waals surface area contributed by atoms with E-state index in [-0.39, 0.29) is 11.4 Å². The van der Waals surface area contributed by atoms with Crippen molar-refractivity contribution in [1.82, 2.24) is 10.3 Å². The summed E-state index contributed by atoms with van der Waals surface area (Å²) >= 11 is 3.14. The van der Waals surface area contributed by atoms with Gasteiger partial charge in [0.2, 0.25) is 0 Å². The first-order valence-corrected chi connectivity index (χ1v) is 5.71. The molecular formula is C10H15BrN2O3. The number of aromatic hydroxyl groups is 1. The van der Waals surface area contributed by atoms with E-state index < -0.39 is 12.2 Å². The molecule has 0 fully saturated rings. The van der Waals surface area contributed by atoms with Crippen LogP contribution in [0, 0.1) is 0 Å². The zero-order valence-corrected chi connectivity index (χ0v) is 10.5. The molecule has 5 nitrogen and oxygen atoms in total. The minimum Gasteiger partial charge on any atom is -0.506 e. The Morgan fingerprint density at radius 1 is 1.44 bits per heavy atom. The molecule has 0 saturated carbocycles. The Balaban J connectivity index is 2.78. The van der Waals surface area contributed by atoms with Crippen molar-refractivity contribution < 1.29 is 15.3 Å². The van der Waals surface area contributed by atoms with Crippen molar-refractivity contribution in [2.45, 2.75) is 18.6 Å². The number of aliphatic hydroxyl groups excluding tert-OH is 2. The summed E-state index contributed by atoms with van der Waals surface area (Å²) < 4.78 is 0.500. The molecule has 0 saturated heterocycles. The van der Waals surface area contributed by atoms with Gasteiger partial charge in [-0.25, -0.2) is 4.98 Å². The lowest BCUT2D eigenvalue weighted by atomic mass is 10.1. The molecule has 2 atom stereocenters. The van der Waals surface area contributed by atoms with Gasteiger partial charge in [0.15, 0.2) is 0 Å². The Morgan fingerprint density at radius 2 is 2.12 bits per heavy atom. The fraction of sp³-hybridized carbons (Fsp3) is 0.500. The van der Waals surface area contributed by atoms with Crippen LogP contribution < -0.4 is 5.32 Å². The zero-order valence-electron chi connectivity index (χ0n) is 8.89. The maximum absolute atomic E-state index is 9.80. The molecule has 0 amide bonds. The van der Waals surface area contributed by atoms with Gasteiger partial charge in [0.25, 0.3) is 0 Å². The topological polar surface area (TPSA) is 85.6 Å².